The van der Waals surface area contributed by atoms with E-state index in [1.807, 2.05) is 43.9 Å². The predicted octanol–water partition coefficient (Wildman–Crippen LogP) is 4.45. The molecule has 1 aromatic rings. The summed E-state index contributed by atoms with van der Waals surface area (Å²) in [7, 11) is 0. The molecule has 3 aliphatic rings. The second-order valence-electron chi connectivity index (χ2n) is 9.53. The second kappa shape index (κ2) is 7.05. The maximum Gasteiger partial charge on any atom is 0.416 e. The van der Waals surface area contributed by atoms with E-state index in [1.54, 1.807) is 4.90 Å². The van der Waals surface area contributed by atoms with E-state index in [1.165, 1.54) is 6.42 Å². The Morgan fingerprint density at radius 2 is 1.93 bits per heavy atom. The van der Waals surface area contributed by atoms with Crippen LogP contribution in [-0.2, 0) is 9.53 Å². The lowest BCUT2D eigenvalue weighted by molar-refractivity contribution is -0.140. The molecule has 28 heavy (non-hydrogen) atoms. The Hall–Kier alpha value is -2.11. The summed E-state index contributed by atoms with van der Waals surface area (Å²) in [5.41, 5.74) is 0.117. The van der Waals surface area contributed by atoms with Crippen molar-refractivity contribution in [2.45, 2.75) is 77.4 Å². The molecule has 1 spiro atoms. The Morgan fingerprint density at radius 1 is 1.18 bits per heavy atom. The third-order valence-corrected chi connectivity index (χ3v) is 6.26. The first-order valence-corrected chi connectivity index (χ1v) is 10.6. The van der Waals surface area contributed by atoms with Gasteiger partial charge in [-0.15, -0.1) is 0 Å². The van der Waals surface area contributed by atoms with Gasteiger partial charge in [-0.1, -0.05) is 33.3 Å². The summed E-state index contributed by atoms with van der Waals surface area (Å²) in [6.07, 6.45) is 6.91. The Balaban J connectivity index is 1.56. The van der Waals surface area contributed by atoms with Gasteiger partial charge in [0.15, 0.2) is 0 Å². The third-order valence-electron chi connectivity index (χ3n) is 6.26. The normalized spacial score (nSPS) is 24.7. The average Bonchev–Trinajstić information content (AvgIpc) is 3.26. The Labute approximate surface area is 167 Å². The smallest absolute Gasteiger partial charge is 0.416 e. The van der Waals surface area contributed by atoms with Crippen molar-refractivity contribution in [3.8, 4) is 0 Å². The fourth-order valence-corrected chi connectivity index (χ4v) is 4.78. The van der Waals surface area contributed by atoms with Crippen molar-refractivity contribution in [1.82, 2.24) is 9.88 Å². The van der Waals surface area contributed by atoms with E-state index in [4.69, 9.17) is 9.72 Å². The molecule has 1 aliphatic carbocycles. The van der Waals surface area contributed by atoms with Gasteiger partial charge < -0.3 is 9.64 Å². The highest BCUT2D eigenvalue weighted by molar-refractivity contribution is 5.89. The quantitative estimate of drug-likeness (QED) is 0.754. The van der Waals surface area contributed by atoms with E-state index >= 15 is 0 Å². The average molecular weight is 386 g/mol. The fraction of sp³-hybridized carbons (Fsp3) is 0.682. The van der Waals surface area contributed by atoms with Crippen LogP contribution in [0, 0.1) is 5.41 Å². The van der Waals surface area contributed by atoms with Gasteiger partial charge in [-0.25, -0.2) is 9.78 Å². The molecule has 1 saturated carbocycles. The van der Waals surface area contributed by atoms with Crippen molar-refractivity contribution < 1.29 is 14.3 Å². The summed E-state index contributed by atoms with van der Waals surface area (Å²) < 4.78 is 5.81. The van der Waals surface area contributed by atoms with Crippen LogP contribution < -0.4 is 4.90 Å². The molecule has 152 valence electrons. The molecule has 3 heterocycles. The highest BCUT2D eigenvalue weighted by Crippen LogP contribution is 2.39. The lowest BCUT2D eigenvalue weighted by Gasteiger charge is -2.31. The second-order valence-corrected chi connectivity index (χ2v) is 9.53. The molecule has 4 rings (SSSR count). The third kappa shape index (κ3) is 3.49. The zero-order valence-electron chi connectivity index (χ0n) is 17.2. The van der Waals surface area contributed by atoms with Gasteiger partial charge in [-0.05, 0) is 50.7 Å². The minimum atomic E-state index is -0.410. The highest BCUT2D eigenvalue weighted by atomic mass is 16.6. The number of nitrogens with zero attached hydrogens (tertiary/aromatic N) is 3. The van der Waals surface area contributed by atoms with Crippen LogP contribution in [0.2, 0.25) is 0 Å². The first-order chi connectivity index (χ1) is 13.3. The lowest BCUT2D eigenvalue weighted by Crippen LogP contribution is -2.39. The number of hydrogen-bond acceptors (Lipinski definition) is 4. The monoisotopic (exact) mass is 385 g/mol. The summed E-state index contributed by atoms with van der Waals surface area (Å²) in [6.45, 7) is 7.22. The number of carbonyl (C=O) groups is 2. The van der Waals surface area contributed by atoms with Crippen LogP contribution in [0.25, 0.3) is 0 Å². The van der Waals surface area contributed by atoms with Gasteiger partial charge in [-0.3, -0.25) is 9.69 Å². The van der Waals surface area contributed by atoms with Gasteiger partial charge >= 0.3 is 6.09 Å². The molecular weight excluding hydrogens is 354 g/mol. The maximum absolute atomic E-state index is 12.9. The Morgan fingerprint density at radius 3 is 2.64 bits per heavy atom. The van der Waals surface area contributed by atoms with Crippen LogP contribution in [0.15, 0.2) is 18.2 Å². The predicted molar refractivity (Wildman–Crippen MR) is 107 cm³/mol. The standard InChI is InChI=1S/C22H31N3O3/c1-21(2,3)19(26)24-14-8-10-17(24)16-9-7-11-18(23-16)25-15-22(28-20(25)27)12-5-4-6-13-22/h7,9,11,17H,4-6,8,10,12-15H2,1-3H3/t17-/m0/s1. The summed E-state index contributed by atoms with van der Waals surface area (Å²) in [4.78, 5) is 33.9. The van der Waals surface area contributed by atoms with E-state index < -0.39 is 5.41 Å². The molecule has 3 fully saturated rings. The number of anilines is 1. The summed E-state index contributed by atoms with van der Waals surface area (Å²) in [5.74, 6) is 0.795. The number of carbonyl (C=O) groups excluding carboxylic acids is 2. The molecule has 0 N–H and O–H groups in total. The summed E-state index contributed by atoms with van der Waals surface area (Å²) in [5, 5.41) is 0. The van der Waals surface area contributed by atoms with Gasteiger partial charge in [0.05, 0.1) is 18.3 Å². The highest BCUT2D eigenvalue weighted by Gasteiger charge is 2.46. The van der Waals surface area contributed by atoms with E-state index in [-0.39, 0.29) is 23.6 Å². The van der Waals surface area contributed by atoms with E-state index in [0.717, 1.165) is 50.8 Å². The van der Waals surface area contributed by atoms with Crippen molar-refractivity contribution >= 4 is 17.8 Å². The van der Waals surface area contributed by atoms with E-state index in [0.29, 0.717) is 12.4 Å². The fourth-order valence-electron chi connectivity index (χ4n) is 4.78. The molecule has 2 aliphatic heterocycles. The number of amides is 2. The summed E-state index contributed by atoms with van der Waals surface area (Å²) >= 11 is 0. The Kier molecular flexibility index (Phi) is 4.84. The largest absolute Gasteiger partial charge is 0.441 e. The van der Waals surface area contributed by atoms with Gasteiger partial charge in [-0.2, -0.15) is 0 Å². The van der Waals surface area contributed by atoms with Crippen LogP contribution >= 0.6 is 0 Å². The number of rotatable bonds is 2. The SMILES string of the molecule is CC(C)(C)C(=O)N1CCC[C@H]1c1cccc(N2CC3(CCCCC3)OC2=O)n1. The van der Waals surface area contributed by atoms with Gasteiger partial charge in [0, 0.05) is 12.0 Å². The molecule has 2 saturated heterocycles. The number of aromatic nitrogens is 1. The van der Waals surface area contributed by atoms with Crippen LogP contribution in [-0.4, -0.2) is 40.6 Å². The van der Waals surface area contributed by atoms with Crippen LogP contribution in [0.4, 0.5) is 10.6 Å². The summed E-state index contributed by atoms with van der Waals surface area (Å²) in [6, 6.07) is 5.76. The molecule has 0 unspecified atom stereocenters. The molecule has 1 atom stereocenters. The first kappa shape index (κ1) is 19.2. The molecule has 1 aromatic heterocycles. The van der Waals surface area contributed by atoms with Crippen LogP contribution in [0.1, 0.15) is 77.5 Å². The molecule has 0 radical (unpaired) electrons. The minimum Gasteiger partial charge on any atom is -0.441 e. The lowest BCUT2D eigenvalue weighted by atomic mass is 9.85. The van der Waals surface area contributed by atoms with Crippen LogP contribution in [0.5, 0.6) is 0 Å². The molecular formula is C22H31N3O3. The Bertz CT molecular complexity index is 765. The maximum atomic E-state index is 12.9. The number of pyridine rings is 1. The van der Waals surface area contributed by atoms with Crippen molar-refractivity contribution in [3.05, 3.63) is 23.9 Å². The molecule has 2 amide bonds. The molecule has 0 bridgehead atoms. The number of likely N-dealkylation sites (tertiary alicyclic amines) is 1. The van der Waals surface area contributed by atoms with Gasteiger partial charge in [0.1, 0.15) is 11.4 Å². The van der Waals surface area contributed by atoms with Crippen molar-refractivity contribution in [3.63, 3.8) is 0 Å². The molecule has 6 heteroatoms. The van der Waals surface area contributed by atoms with Crippen molar-refractivity contribution in [1.29, 1.82) is 0 Å². The first-order valence-electron chi connectivity index (χ1n) is 10.6. The number of ether oxygens (including phenoxy) is 1. The van der Waals surface area contributed by atoms with E-state index in [9.17, 15) is 9.59 Å². The topological polar surface area (TPSA) is 62.7 Å². The van der Waals surface area contributed by atoms with Crippen LogP contribution in [0.3, 0.4) is 0 Å². The van der Waals surface area contributed by atoms with Gasteiger partial charge in [0.2, 0.25) is 5.91 Å². The molecule has 0 aromatic carbocycles. The minimum absolute atomic E-state index is 0.0195. The van der Waals surface area contributed by atoms with E-state index in [2.05, 4.69) is 0 Å². The van der Waals surface area contributed by atoms with Gasteiger partial charge in [0.25, 0.3) is 0 Å². The van der Waals surface area contributed by atoms with Crippen molar-refractivity contribution in [2.75, 3.05) is 18.0 Å². The number of hydrogen-bond donors (Lipinski definition) is 0. The zero-order chi connectivity index (χ0) is 19.9. The molecule has 6 nitrogen and oxygen atoms in total. The zero-order valence-corrected chi connectivity index (χ0v) is 17.2. The van der Waals surface area contributed by atoms with Crippen molar-refractivity contribution in [2.24, 2.45) is 5.41 Å².